The lowest BCUT2D eigenvalue weighted by atomic mass is 10.3. The number of hydrogen-bond donors (Lipinski definition) is 1. The van der Waals surface area contributed by atoms with Crippen LogP contribution in [0.5, 0.6) is 0 Å². The molecule has 0 fully saturated rings. The van der Waals surface area contributed by atoms with Crippen LogP contribution in [0.3, 0.4) is 0 Å². The van der Waals surface area contributed by atoms with Crippen LogP contribution in [0.1, 0.15) is 12.0 Å². The SMILES string of the molecule is CSCCCNCc1cnn(C)c1. The van der Waals surface area contributed by atoms with Crippen molar-refractivity contribution in [2.75, 3.05) is 18.6 Å². The van der Waals surface area contributed by atoms with Gasteiger partial charge in [0.2, 0.25) is 0 Å². The summed E-state index contributed by atoms with van der Waals surface area (Å²) in [5.41, 5.74) is 1.26. The van der Waals surface area contributed by atoms with Crippen LogP contribution >= 0.6 is 11.8 Å². The third kappa shape index (κ3) is 4.33. The van der Waals surface area contributed by atoms with E-state index in [-0.39, 0.29) is 0 Å². The summed E-state index contributed by atoms with van der Waals surface area (Å²) < 4.78 is 1.83. The Balaban J connectivity index is 2.06. The molecule has 1 N–H and O–H groups in total. The molecule has 3 nitrogen and oxygen atoms in total. The number of thioether (sulfide) groups is 1. The standard InChI is InChI=1S/C9H17N3S/c1-12-8-9(7-11-12)6-10-4-3-5-13-2/h7-8,10H,3-6H2,1-2H3. The minimum absolute atomic E-state index is 0.933. The van der Waals surface area contributed by atoms with Crippen molar-refractivity contribution < 1.29 is 0 Å². The Kier molecular flexibility index (Phi) is 4.93. The maximum Gasteiger partial charge on any atom is 0.0534 e. The molecular formula is C9H17N3S. The summed E-state index contributed by atoms with van der Waals surface area (Å²) in [5, 5.41) is 7.49. The highest BCUT2D eigenvalue weighted by Gasteiger charge is 1.94. The van der Waals surface area contributed by atoms with Crippen LogP contribution in [0.25, 0.3) is 0 Å². The van der Waals surface area contributed by atoms with E-state index in [2.05, 4.69) is 16.7 Å². The van der Waals surface area contributed by atoms with Crippen molar-refractivity contribution in [3.63, 3.8) is 0 Å². The lowest BCUT2D eigenvalue weighted by molar-refractivity contribution is 0.678. The predicted molar refractivity (Wildman–Crippen MR) is 57.9 cm³/mol. The molecule has 0 aromatic carbocycles. The number of nitrogens with one attached hydrogen (secondary N) is 1. The molecule has 1 rings (SSSR count). The number of rotatable bonds is 6. The largest absolute Gasteiger partial charge is 0.313 e. The number of aryl methyl sites for hydroxylation is 1. The molecule has 0 atom stereocenters. The van der Waals surface area contributed by atoms with Gasteiger partial charge in [-0.3, -0.25) is 4.68 Å². The first-order valence-electron chi connectivity index (χ1n) is 4.50. The second kappa shape index (κ2) is 6.05. The zero-order chi connectivity index (χ0) is 9.52. The molecule has 0 aliphatic heterocycles. The van der Waals surface area contributed by atoms with Crippen molar-refractivity contribution in [2.45, 2.75) is 13.0 Å². The van der Waals surface area contributed by atoms with Crippen LogP contribution in [0.2, 0.25) is 0 Å². The minimum Gasteiger partial charge on any atom is -0.313 e. The highest BCUT2D eigenvalue weighted by molar-refractivity contribution is 7.98. The van der Waals surface area contributed by atoms with Gasteiger partial charge in [-0.15, -0.1) is 0 Å². The second-order valence-electron chi connectivity index (χ2n) is 3.05. The Labute approximate surface area is 83.9 Å². The van der Waals surface area contributed by atoms with E-state index in [0.29, 0.717) is 0 Å². The van der Waals surface area contributed by atoms with Gasteiger partial charge in [-0.05, 0) is 25.0 Å². The van der Waals surface area contributed by atoms with Crippen LogP contribution in [-0.2, 0) is 13.6 Å². The van der Waals surface area contributed by atoms with Crippen LogP contribution in [-0.4, -0.2) is 28.3 Å². The topological polar surface area (TPSA) is 29.9 Å². The first-order valence-corrected chi connectivity index (χ1v) is 5.89. The summed E-state index contributed by atoms with van der Waals surface area (Å²) in [4.78, 5) is 0. The quantitative estimate of drug-likeness (QED) is 0.700. The third-order valence-corrected chi connectivity index (χ3v) is 2.49. The molecule has 0 bridgehead atoms. The summed E-state index contributed by atoms with van der Waals surface area (Å²) in [7, 11) is 1.94. The van der Waals surface area contributed by atoms with E-state index in [4.69, 9.17) is 0 Å². The van der Waals surface area contributed by atoms with Gasteiger partial charge in [0, 0.05) is 25.4 Å². The summed E-state index contributed by atoms with van der Waals surface area (Å²) in [6.45, 7) is 2.03. The maximum atomic E-state index is 4.10. The Bertz CT molecular complexity index is 235. The Morgan fingerprint density at radius 3 is 3.08 bits per heavy atom. The number of nitrogens with zero attached hydrogens (tertiary/aromatic N) is 2. The molecule has 13 heavy (non-hydrogen) atoms. The van der Waals surface area contributed by atoms with Crippen molar-refractivity contribution in [1.82, 2.24) is 15.1 Å². The molecule has 0 aliphatic rings. The Hall–Kier alpha value is -0.480. The summed E-state index contributed by atoms with van der Waals surface area (Å²) in [6.07, 6.45) is 7.33. The molecule has 4 heteroatoms. The van der Waals surface area contributed by atoms with E-state index in [1.54, 1.807) is 0 Å². The van der Waals surface area contributed by atoms with Gasteiger partial charge in [-0.2, -0.15) is 16.9 Å². The van der Waals surface area contributed by atoms with Gasteiger partial charge in [0.15, 0.2) is 0 Å². The summed E-state index contributed by atoms with van der Waals surface area (Å²) >= 11 is 1.90. The molecule has 74 valence electrons. The van der Waals surface area contributed by atoms with Gasteiger partial charge in [0.05, 0.1) is 6.20 Å². The summed E-state index contributed by atoms with van der Waals surface area (Å²) in [5.74, 6) is 1.24. The normalized spacial score (nSPS) is 10.6. The predicted octanol–water partition coefficient (Wildman–Crippen LogP) is 1.26. The van der Waals surface area contributed by atoms with E-state index in [1.807, 2.05) is 35.9 Å². The number of aromatic nitrogens is 2. The Morgan fingerprint density at radius 1 is 1.62 bits per heavy atom. The van der Waals surface area contributed by atoms with Gasteiger partial charge in [0.25, 0.3) is 0 Å². The first-order chi connectivity index (χ1) is 6.33. The fourth-order valence-electron chi connectivity index (χ4n) is 1.14. The zero-order valence-electron chi connectivity index (χ0n) is 8.29. The van der Waals surface area contributed by atoms with Crippen LogP contribution < -0.4 is 5.32 Å². The summed E-state index contributed by atoms with van der Waals surface area (Å²) in [6, 6.07) is 0. The van der Waals surface area contributed by atoms with Gasteiger partial charge < -0.3 is 5.32 Å². The maximum absolute atomic E-state index is 4.10. The molecular weight excluding hydrogens is 182 g/mol. The fourth-order valence-corrected chi connectivity index (χ4v) is 1.57. The molecule has 1 aromatic rings. The van der Waals surface area contributed by atoms with E-state index in [0.717, 1.165) is 13.1 Å². The Morgan fingerprint density at radius 2 is 2.46 bits per heavy atom. The van der Waals surface area contributed by atoms with E-state index >= 15 is 0 Å². The van der Waals surface area contributed by atoms with Gasteiger partial charge >= 0.3 is 0 Å². The van der Waals surface area contributed by atoms with E-state index in [9.17, 15) is 0 Å². The van der Waals surface area contributed by atoms with Gasteiger partial charge in [0.1, 0.15) is 0 Å². The van der Waals surface area contributed by atoms with Gasteiger partial charge in [-0.25, -0.2) is 0 Å². The lowest BCUT2D eigenvalue weighted by Crippen LogP contribution is -2.14. The van der Waals surface area contributed by atoms with Gasteiger partial charge in [-0.1, -0.05) is 0 Å². The first kappa shape index (κ1) is 10.6. The van der Waals surface area contributed by atoms with Crippen molar-refractivity contribution in [3.05, 3.63) is 18.0 Å². The van der Waals surface area contributed by atoms with E-state index < -0.39 is 0 Å². The van der Waals surface area contributed by atoms with Crippen molar-refractivity contribution >= 4 is 11.8 Å². The molecule has 0 unspecified atom stereocenters. The van der Waals surface area contributed by atoms with Crippen LogP contribution in [0.15, 0.2) is 12.4 Å². The smallest absolute Gasteiger partial charge is 0.0534 e. The minimum atomic E-state index is 0.933. The molecule has 0 amide bonds. The van der Waals surface area contributed by atoms with E-state index in [1.165, 1.54) is 17.7 Å². The van der Waals surface area contributed by atoms with Crippen LogP contribution in [0, 0.1) is 0 Å². The zero-order valence-corrected chi connectivity index (χ0v) is 9.10. The lowest BCUT2D eigenvalue weighted by Gasteiger charge is -2.00. The molecule has 0 radical (unpaired) electrons. The van der Waals surface area contributed by atoms with Crippen molar-refractivity contribution in [3.8, 4) is 0 Å². The molecule has 0 spiro atoms. The average molecular weight is 199 g/mol. The monoisotopic (exact) mass is 199 g/mol. The molecule has 0 saturated carbocycles. The molecule has 0 aliphatic carbocycles. The second-order valence-corrected chi connectivity index (χ2v) is 4.03. The molecule has 1 aromatic heterocycles. The third-order valence-electron chi connectivity index (χ3n) is 1.79. The van der Waals surface area contributed by atoms with Crippen molar-refractivity contribution in [2.24, 2.45) is 7.05 Å². The molecule has 1 heterocycles. The highest BCUT2D eigenvalue weighted by Crippen LogP contribution is 1.96. The van der Waals surface area contributed by atoms with Crippen LogP contribution in [0.4, 0.5) is 0 Å². The highest BCUT2D eigenvalue weighted by atomic mass is 32.2. The number of hydrogen-bond acceptors (Lipinski definition) is 3. The van der Waals surface area contributed by atoms with Crippen molar-refractivity contribution in [1.29, 1.82) is 0 Å². The molecule has 0 saturated heterocycles. The fraction of sp³-hybridized carbons (Fsp3) is 0.667. The average Bonchev–Trinajstić information content (AvgIpc) is 2.51.